The molecule has 3 nitrogen and oxygen atoms in total. The third-order valence-corrected chi connectivity index (χ3v) is 2.32. The van der Waals surface area contributed by atoms with Crippen molar-refractivity contribution in [1.29, 1.82) is 0 Å². The maximum atomic E-state index is 11.4. The second-order valence-electron chi connectivity index (χ2n) is 3.67. The summed E-state index contributed by atoms with van der Waals surface area (Å²) in [5.41, 5.74) is 3.38. The first kappa shape index (κ1) is 15.0. The molecule has 19 heavy (non-hydrogen) atoms. The van der Waals surface area contributed by atoms with E-state index in [2.05, 4.69) is 5.43 Å². The number of amides is 1. The van der Waals surface area contributed by atoms with Crippen LogP contribution in [0, 0.1) is 0 Å². The molecule has 2 aromatic carbocycles. The van der Waals surface area contributed by atoms with Crippen LogP contribution in [0.4, 0.5) is 0 Å². The topological polar surface area (TPSA) is 34.0 Å². The largest absolute Gasteiger partial charge is 0.748 e. The average Bonchev–Trinajstić information content (AvgIpc) is 3.15. The Kier molecular flexibility index (Phi) is 6.44. The van der Waals surface area contributed by atoms with Crippen molar-refractivity contribution in [2.75, 3.05) is 5.43 Å². The van der Waals surface area contributed by atoms with E-state index in [1.54, 1.807) is 29.2 Å². The minimum absolute atomic E-state index is 0. The fourth-order valence-electron chi connectivity index (χ4n) is 1.44. The first-order valence-corrected chi connectivity index (χ1v) is 5.69. The SMILES string of the molecule is O=C(Nn1cccc1)[c-]1cccc1.[Fe].[cH-]1[cH-][cH-][cH-][cH-]1. The molecule has 3 rings (SSSR count). The van der Waals surface area contributed by atoms with Gasteiger partial charge in [-0.1, -0.05) is 5.56 Å². The van der Waals surface area contributed by atoms with Crippen molar-refractivity contribution >= 4 is 5.91 Å². The molecule has 0 saturated carbocycles. The zero-order valence-corrected chi connectivity index (χ0v) is 11.3. The van der Waals surface area contributed by atoms with Crippen molar-refractivity contribution in [3.63, 3.8) is 0 Å². The van der Waals surface area contributed by atoms with Crippen LogP contribution in [0.3, 0.4) is 0 Å². The van der Waals surface area contributed by atoms with E-state index >= 15 is 0 Å². The Labute approximate surface area is 123 Å². The Bertz CT molecular complexity index is 522. The van der Waals surface area contributed by atoms with Crippen LogP contribution < -0.4 is 5.43 Å². The number of nitrogens with zero attached hydrogens (tertiary/aromatic N) is 1. The maximum Gasteiger partial charge on any atom is 0.214 e. The molecule has 0 fully saturated rings. The molecule has 1 amide bonds. The molecule has 0 spiro atoms. The van der Waals surface area contributed by atoms with Crippen LogP contribution >= 0.6 is 0 Å². The van der Waals surface area contributed by atoms with Crippen LogP contribution in [0.1, 0.15) is 10.4 Å². The second-order valence-corrected chi connectivity index (χ2v) is 3.67. The van der Waals surface area contributed by atoms with Crippen molar-refractivity contribution in [3.05, 3.63) is 84.7 Å². The van der Waals surface area contributed by atoms with Crippen LogP contribution in [0.25, 0.3) is 0 Å². The predicted molar refractivity (Wildman–Crippen MR) is 72.2 cm³/mol. The zero-order valence-electron chi connectivity index (χ0n) is 10.2. The summed E-state index contributed by atoms with van der Waals surface area (Å²) in [4.78, 5) is 11.4. The molecule has 0 atom stereocenters. The predicted octanol–water partition coefficient (Wildman–Crippen LogP) is 2.99. The maximum absolute atomic E-state index is 11.4. The van der Waals surface area contributed by atoms with E-state index in [1.165, 1.54) is 0 Å². The number of hydrogen-bond donors (Lipinski definition) is 1. The van der Waals surface area contributed by atoms with Gasteiger partial charge in [0.05, 0.1) is 0 Å². The van der Waals surface area contributed by atoms with Crippen molar-refractivity contribution in [2.45, 2.75) is 0 Å². The molecule has 0 radical (unpaired) electrons. The van der Waals surface area contributed by atoms with Gasteiger partial charge in [0, 0.05) is 29.5 Å². The molecule has 0 bridgehead atoms. The van der Waals surface area contributed by atoms with E-state index < -0.39 is 0 Å². The number of hydrogen-bond acceptors (Lipinski definition) is 1. The summed E-state index contributed by atoms with van der Waals surface area (Å²) in [5.74, 6) is -0.0961. The number of rotatable bonds is 2. The van der Waals surface area contributed by atoms with Gasteiger partial charge >= 0.3 is 0 Å². The van der Waals surface area contributed by atoms with Crippen LogP contribution in [0.2, 0.25) is 0 Å². The van der Waals surface area contributed by atoms with Crippen LogP contribution in [0.15, 0.2) is 79.1 Å². The molecule has 1 aromatic heterocycles. The summed E-state index contributed by atoms with van der Waals surface area (Å²) in [6.45, 7) is 0. The Morgan fingerprint density at radius 2 is 1.37 bits per heavy atom. The average molecular weight is 294 g/mol. The molecule has 0 aliphatic rings. The Hall–Kier alpha value is -2.03. The van der Waals surface area contributed by atoms with Gasteiger partial charge in [-0.2, -0.15) is 12.1 Å². The van der Waals surface area contributed by atoms with Crippen molar-refractivity contribution < 1.29 is 21.9 Å². The van der Waals surface area contributed by atoms with E-state index in [-0.39, 0.29) is 23.0 Å². The van der Waals surface area contributed by atoms with Crippen LogP contribution in [0.5, 0.6) is 0 Å². The van der Waals surface area contributed by atoms with Crippen molar-refractivity contribution in [1.82, 2.24) is 4.68 Å². The third kappa shape index (κ3) is 5.00. The number of carbonyl (C=O) groups is 1. The summed E-state index contributed by atoms with van der Waals surface area (Å²) in [7, 11) is 0. The van der Waals surface area contributed by atoms with Crippen LogP contribution in [-0.2, 0) is 17.1 Å². The standard InChI is InChI=1S/C10H9N2O.C5H5.Fe/c13-10(9-5-1-2-6-9)11-12-7-3-4-8-12;1-2-4-5-3-1;/h1-8H,(H,11,13);1-5H;/q-1;-5;. The molecule has 0 saturated heterocycles. The zero-order chi connectivity index (χ0) is 12.6. The van der Waals surface area contributed by atoms with E-state index in [0.717, 1.165) is 0 Å². The Morgan fingerprint density at radius 1 is 0.895 bits per heavy atom. The third-order valence-electron chi connectivity index (χ3n) is 2.32. The normalized spacial score (nSPS) is 8.84. The molecule has 3 aromatic rings. The van der Waals surface area contributed by atoms with E-state index in [1.807, 2.05) is 54.6 Å². The van der Waals surface area contributed by atoms with Crippen molar-refractivity contribution in [3.8, 4) is 0 Å². The summed E-state index contributed by atoms with van der Waals surface area (Å²) in [6, 6.07) is 20.9. The molecular formula is C15H14FeN2O-6. The van der Waals surface area contributed by atoms with Gasteiger partial charge in [0.15, 0.2) is 0 Å². The van der Waals surface area contributed by atoms with Gasteiger partial charge in [0.1, 0.15) is 0 Å². The monoisotopic (exact) mass is 294 g/mol. The first-order valence-electron chi connectivity index (χ1n) is 5.69. The molecule has 1 heterocycles. The van der Waals surface area contributed by atoms with Gasteiger partial charge in [-0.05, 0) is 12.1 Å². The fourth-order valence-corrected chi connectivity index (χ4v) is 1.44. The fraction of sp³-hybridized carbons (Fsp3) is 0. The first-order chi connectivity index (χ1) is 8.86. The molecule has 1 N–H and O–H groups in total. The molecular weight excluding hydrogens is 280 g/mol. The second kappa shape index (κ2) is 8.14. The van der Waals surface area contributed by atoms with Gasteiger partial charge in [-0.3, -0.25) is 14.9 Å². The number of aromatic nitrogens is 1. The summed E-state index contributed by atoms with van der Waals surface area (Å²) < 4.78 is 1.62. The Balaban J connectivity index is 0.000000256. The Morgan fingerprint density at radius 3 is 1.84 bits per heavy atom. The minimum atomic E-state index is -0.0961. The van der Waals surface area contributed by atoms with Gasteiger partial charge < -0.3 is 30.3 Å². The van der Waals surface area contributed by atoms with E-state index in [9.17, 15) is 4.79 Å². The number of carbonyl (C=O) groups excluding carboxylic acids is 1. The quantitative estimate of drug-likeness (QED) is 0.572. The molecule has 0 unspecified atom stereocenters. The van der Waals surface area contributed by atoms with Crippen LogP contribution in [-0.4, -0.2) is 10.6 Å². The number of nitrogens with one attached hydrogen (secondary N) is 1. The smallest absolute Gasteiger partial charge is 0.214 e. The van der Waals surface area contributed by atoms with E-state index in [4.69, 9.17) is 0 Å². The van der Waals surface area contributed by atoms with Gasteiger partial charge in [-0.15, -0.1) is 0 Å². The molecule has 0 aliphatic carbocycles. The molecule has 0 aliphatic heterocycles. The van der Waals surface area contributed by atoms with Gasteiger partial charge in [0.25, 0.3) is 0 Å². The summed E-state index contributed by atoms with van der Waals surface area (Å²) in [5, 5.41) is 0. The van der Waals surface area contributed by atoms with Crippen molar-refractivity contribution in [2.24, 2.45) is 0 Å². The summed E-state index contributed by atoms with van der Waals surface area (Å²) >= 11 is 0. The minimum Gasteiger partial charge on any atom is -0.748 e. The van der Waals surface area contributed by atoms with E-state index in [0.29, 0.717) is 5.56 Å². The molecule has 4 heteroatoms. The van der Waals surface area contributed by atoms with Gasteiger partial charge in [0.2, 0.25) is 5.91 Å². The summed E-state index contributed by atoms with van der Waals surface area (Å²) in [6.07, 6.45) is 3.56. The van der Waals surface area contributed by atoms with Gasteiger partial charge in [-0.25, -0.2) is 12.1 Å². The molecule has 104 valence electrons.